The molecule has 2 heterocycles. The molecule has 1 unspecified atom stereocenters. The van der Waals surface area contributed by atoms with Crippen molar-refractivity contribution in [1.82, 2.24) is 15.4 Å². The van der Waals surface area contributed by atoms with Crippen LogP contribution in [0.1, 0.15) is 29.3 Å². The molecule has 27 heavy (non-hydrogen) atoms. The fourth-order valence-corrected chi connectivity index (χ4v) is 2.48. The number of nitrogens with zero attached hydrogens (tertiary/aromatic N) is 3. The van der Waals surface area contributed by atoms with Crippen LogP contribution < -0.4 is 5.48 Å². The van der Waals surface area contributed by atoms with Crippen LogP contribution in [0.3, 0.4) is 0 Å². The fraction of sp³-hybridized carbons (Fsp3) is 0.312. The predicted octanol–water partition coefficient (Wildman–Crippen LogP) is 1.40. The van der Waals surface area contributed by atoms with E-state index in [9.17, 15) is 23.5 Å². The van der Waals surface area contributed by atoms with E-state index in [4.69, 9.17) is 9.47 Å². The van der Waals surface area contributed by atoms with E-state index in [0.717, 1.165) is 6.07 Å². The molecule has 144 valence electrons. The predicted molar refractivity (Wildman–Crippen MR) is 84.3 cm³/mol. The van der Waals surface area contributed by atoms with Crippen molar-refractivity contribution in [1.29, 1.82) is 0 Å². The summed E-state index contributed by atoms with van der Waals surface area (Å²) in [5.41, 5.74) is 0.659. The summed E-state index contributed by atoms with van der Waals surface area (Å²) in [5.74, 6) is -5.30. The summed E-state index contributed by atoms with van der Waals surface area (Å²) >= 11 is 0. The number of rotatable bonds is 5. The molecule has 1 aliphatic rings. The standard InChI is InChI=1S/C16H15F3N4O4/c17-11-8(6-9(12(18)13(11)19)16-26-4-5-27-16)14(23-25)22-10(7-24)15-20-2-1-3-21-15/h1-3,6,10,16,24-25H,4-5,7H2,(H,22,23). The number of hydroxylamine groups is 1. The Kier molecular flexibility index (Phi) is 5.96. The van der Waals surface area contributed by atoms with Gasteiger partial charge in [0.15, 0.2) is 35.4 Å². The molecule has 3 rings (SSSR count). The summed E-state index contributed by atoms with van der Waals surface area (Å²) in [4.78, 5) is 11.7. The Morgan fingerprint density at radius 1 is 1.19 bits per heavy atom. The van der Waals surface area contributed by atoms with Gasteiger partial charge in [-0.15, -0.1) is 0 Å². The maximum absolute atomic E-state index is 14.3. The first kappa shape index (κ1) is 19.2. The number of hydrogen-bond donors (Lipinski definition) is 3. The third kappa shape index (κ3) is 3.90. The van der Waals surface area contributed by atoms with Crippen molar-refractivity contribution in [2.75, 3.05) is 19.8 Å². The molecule has 1 aliphatic heterocycles. The highest BCUT2D eigenvalue weighted by atomic mass is 19.2. The smallest absolute Gasteiger partial charge is 0.195 e. The molecule has 2 aromatic rings. The number of nitrogens with one attached hydrogen (secondary N) is 1. The van der Waals surface area contributed by atoms with Crippen LogP contribution in [0.25, 0.3) is 0 Å². The lowest BCUT2D eigenvalue weighted by Crippen LogP contribution is -2.25. The average molecular weight is 384 g/mol. The number of aliphatic hydroxyl groups is 1. The fourth-order valence-electron chi connectivity index (χ4n) is 2.48. The third-order valence-corrected chi connectivity index (χ3v) is 3.75. The van der Waals surface area contributed by atoms with Crippen LogP contribution in [0.2, 0.25) is 0 Å². The number of halogens is 3. The highest BCUT2D eigenvalue weighted by molar-refractivity contribution is 5.98. The quantitative estimate of drug-likeness (QED) is 0.309. The van der Waals surface area contributed by atoms with Crippen molar-refractivity contribution in [3.05, 3.63) is 58.9 Å². The zero-order valence-corrected chi connectivity index (χ0v) is 13.8. The summed E-state index contributed by atoms with van der Waals surface area (Å²) in [7, 11) is 0. The molecule has 1 aromatic heterocycles. The van der Waals surface area contributed by atoms with E-state index >= 15 is 0 Å². The van der Waals surface area contributed by atoms with Crippen LogP contribution in [-0.2, 0) is 9.47 Å². The number of aromatic nitrogens is 2. The molecular weight excluding hydrogens is 369 g/mol. The van der Waals surface area contributed by atoms with Crippen molar-refractivity contribution in [2.45, 2.75) is 12.3 Å². The van der Waals surface area contributed by atoms with Crippen LogP contribution in [0, 0.1) is 17.5 Å². The number of aliphatic imine (C=N–C) groups is 1. The summed E-state index contributed by atoms with van der Waals surface area (Å²) in [6, 6.07) is 1.36. The Hall–Kier alpha value is -2.60. The Bertz CT molecular complexity index is 832. The van der Waals surface area contributed by atoms with Crippen molar-refractivity contribution < 1.29 is 33.0 Å². The molecular formula is C16H15F3N4O4. The van der Waals surface area contributed by atoms with Gasteiger partial charge in [-0.2, -0.15) is 0 Å². The molecule has 8 nitrogen and oxygen atoms in total. The van der Waals surface area contributed by atoms with E-state index in [2.05, 4.69) is 15.0 Å². The maximum atomic E-state index is 14.3. The zero-order chi connectivity index (χ0) is 19.4. The van der Waals surface area contributed by atoms with Gasteiger partial charge >= 0.3 is 0 Å². The minimum atomic E-state index is -1.78. The number of hydrogen-bond acceptors (Lipinski definition) is 7. The Labute approximate surface area is 151 Å². The average Bonchev–Trinajstić information content (AvgIpc) is 3.23. The van der Waals surface area contributed by atoms with Crippen molar-refractivity contribution >= 4 is 5.84 Å². The second kappa shape index (κ2) is 8.39. The van der Waals surface area contributed by atoms with Gasteiger partial charge in [-0.05, 0) is 12.1 Å². The van der Waals surface area contributed by atoms with Crippen molar-refractivity contribution in [3.8, 4) is 0 Å². The summed E-state index contributed by atoms with van der Waals surface area (Å²) in [6.07, 6.45) is 1.58. The van der Waals surface area contributed by atoms with Gasteiger partial charge in [0, 0.05) is 18.0 Å². The molecule has 0 spiro atoms. The van der Waals surface area contributed by atoms with E-state index in [0.29, 0.717) is 0 Å². The van der Waals surface area contributed by atoms with Crippen LogP contribution in [0.15, 0.2) is 29.5 Å². The number of amidine groups is 1. The monoisotopic (exact) mass is 384 g/mol. The number of benzene rings is 1. The molecule has 0 radical (unpaired) electrons. The first-order chi connectivity index (χ1) is 13.1. The second-order valence-corrected chi connectivity index (χ2v) is 5.42. The van der Waals surface area contributed by atoms with Gasteiger partial charge in [0.1, 0.15) is 6.04 Å². The second-order valence-electron chi connectivity index (χ2n) is 5.42. The summed E-state index contributed by atoms with van der Waals surface area (Å²) < 4.78 is 52.7. The largest absolute Gasteiger partial charge is 0.394 e. The van der Waals surface area contributed by atoms with E-state index in [1.165, 1.54) is 18.5 Å². The zero-order valence-electron chi connectivity index (χ0n) is 13.8. The summed E-state index contributed by atoms with van der Waals surface area (Å²) in [5, 5.41) is 18.9. The maximum Gasteiger partial charge on any atom is 0.195 e. The van der Waals surface area contributed by atoms with Crippen LogP contribution in [0.4, 0.5) is 13.2 Å². The summed E-state index contributed by atoms with van der Waals surface area (Å²) in [6.45, 7) is -0.257. The highest BCUT2D eigenvalue weighted by Crippen LogP contribution is 2.30. The highest BCUT2D eigenvalue weighted by Gasteiger charge is 2.29. The topological polar surface area (TPSA) is 109 Å². The molecule has 1 fully saturated rings. The van der Waals surface area contributed by atoms with Gasteiger partial charge in [-0.3, -0.25) is 15.7 Å². The SMILES string of the molecule is OCC(N=C(NO)c1cc(C2OCCO2)c(F)c(F)c1F)c1ncccn1. The molecule has 11 heteroatoms. The van der Waals surface area contributed by atoms with E-state index in [1.54, 1.807) is 5.48 Å². The molecule has 0 bridgehead atoms. The van der Waals surface area contributed by atoms with Gasteiger partial charge in [-0.25, -0.2) is 23.1 Å². The Morgan fingerprint density at radius 3 is 2.44 bits per heavy atom. The van der Waals surface area contributed by atoms with Gasteiger partial charge < -0.3 is 14.6 Å². The van der Waals surface area contributed by atoms with Crippen molar-refractivity contribution in [3.63, 3.8) is 0 Å². The first-order valence-corrected chi connectivity index (χ1v) is 7.83. The lowest BCUT2D eigenvalue weighted by molar-refractivity contribution is -0.0469. The molecule has 1 saturated heterocycles. The first-order valence-electron chi connectivity index (χ1n) is 7.83. The van der Waals surface area contributed by atoms with Gasteiger partial charge in [-0.1, -0.05) is 0 Å². The van der Waals surface area contributed by atoms with E-state index < -0.39 is 47.8 Å². The van der Waals surface area contributed by atoms with Crippen LogP contribution in [0.5, 0.6) is 0 Å². The molecule has 1 aromatic carbocycles. The molecule has 1 atom stereocenters. The molecule has 0 saturated carbocycles. The lowest BCUT2D eigenvalue weighted by Gasteiger charge is -2.16. The lowest BCUT2D eigenvalue weighted by atomic mass is 10.1. The van der Waals surface area contributed by atoms with Gasteiger partial charge in [0.25, 0.3) is 0 Å². The van der Waals surface area contributed by atoms with E-state index in [1.807, 2.05) is 0 Å². The number of ether oxygens (including phenoxy) is 2. The molecule has 3 N–H and O–H groups in total. The van der Waals surface area contributed by atoms with E-state index in [-0.39, 0.29) is 24.6 Å². The third-order valence-electron chi connectivity index (χ3n) is 3.75. The number of aliphatic hydroxyl groups excluding tert-OH is 1. The minimum Gasteiger partial charge on any atom is -0.394 e. The van der Waals surface area contributed by atoms with Gasteiger partial charge in [0.05, 0.1) is 25.4 Å². The Balaban J connectivity index is 2.06. The van der Waals surface area contributed by atoms with Crippen molar-refractivity contribution in [2.24, 2.45) is 4.99 Å². The Morgan fingerprint density at radius 2 is 1.85 bits per heavy atom. The molecule has 0 amide bonds. The minimum absolute atomic E-state index is 0.0819. The van der Waals surface area contributed by atoms with Crippen LogP contribution >= 0.6 is 0 Å². The normalized spacial score (nSPS) is 16.6. The van der Waals surface area contributed by atoms with Crippen LogP contribution in [-0.4, -0.2) is 45.9 Å². The molecule has 0 aliphatic carbocycles. The van der Waals surface area contributed by atoms with Gasteiger partial charge in [0.2, 0.25) is 0 Å².